The van der Waals surface area contributed by atoms with Gasteiger partial charge in [-0.15, -0.1) is 0 Å². The highest BCUT2D eigenvalue weighted by molar-refractivity contribution is 5.94. The van der Waals surface area contributed by atoms with Gasteiger partial charge in [0.15, 0.2) is 0 Å². The molecule has 5 nitrogen and oxygen atoms in total. The summed E-state index contributed by atoms with van der Waals surface area (Å²) in [6.07, 6.45) is 3.87. The highest BCUT2D eigenvalue weighted by atomic mass is 16.3. The van der Waals surface area contributed by atoms with Gasteiger partial charge in [-0.25, -0.2) is 0 Å². The first-order valence-electron chi connectivity index (χ1n) is 10.5. The molecule has 1 aromatic carbocycles. The van der Waals surface area contributed by atoms with E-state index in [1.165, 1.54) is 13.1 Å². The van der Waals surface area contributed by atoms with Crippen LogP contribution in [0.3, 0.4) is 0 Å². The van der Waals surface area contributed by atoms with Crippen molar-refractivity contribution in [1.29, 1.82) is 0 Å². The summed E-state index contributed by atoms with van der Waals surface area (Å²) in [5.41, 5.74) is 1.77. The Balaban J connectivity index is 1.31. The summed E-state index contributed by atoms with van der Waals surface area (Å²) in [4.78, 5) is 20.0. The number of benzene rings is 1. The Morgan fingerprint density at radius 1 is 1.00 bits per heavy atom. The molecule has 2 aliphatic rings. The Morgan fingerprint density at radius 3 is 2.29 bits per heavy atom. The van der Waals surface area contributed by atoms with E-state index in [9.17, 15) is 4.79 Å². The molecule has 0 unspecified atom stereocenters. The Bertz CT molecular complexity index is 756. The van der Waals surface area contributed by atoms with E-state index in [1.54, 1.807) is 6.26 Å². The number of hydrogen-bond acceptors (Lipinski definition) is 4. The molecule has 0 N–H and O–H groups in total. The molecule has 2 aromatic rings. The maximum atomic E-state index is 12.9. The van der Waals surface area contributed by atoms with Crippen LogP contribution < -0.4 is 0 Å². The van der Waals surface area contributed by atoms with Crippen LogP contribution in [0.5, 0.6) is 0 Å². The normalized spacial score (nSPS) is 21.0. The standard InChI is InChI=1S/C23H31N3O2/c1-18(25-15-13-24(2)14-16-25)19-9-11-26(12-10-19)23(27)21-7-5-20(6-8-21)22-4-3-17-28-22/h3-8,17-19H,9-16H2,1-2H3/t18-/m1/s1. The minimum Gasteiger partial charge on any atom is -0.464 e. The van der Waals surface area contributed by atoms with E-state index in [-0.39, 0.29) is 5.91 Å². The van der Waals surface area contributed by atoms with Gasteiger partial charge >= 0.3 is 0 Å². The van der Waals surface area contributed by atoms with Crippen LogP contribution >= 0.6 is 0 Å². The zero-order chi connectivity index (χ0) is 19.5. The van der Waals surface area contributed by atoms with Crippen LogP contribution in [-0.4, -0.2) is 73.0 Å². The molecule has 0 bridgehead atoms. The van der Waals surface area contributed by atoms with E-state index < -0.39 is 0 Å². The SMILES string of the molecule is C[C@H](C1CCN(C(=O)c2ccc(-c3ccco3)cc2)CC1)N1CCN(C)CC1. The van der Waals surface area contributed by atoms with Crippen molar-refractivity contribution < 1.29 is 9.21 Å². The first kappa shape index (κ1) is 19.2. The first-order valence-corrected chi connectivity index (χ1v) is 10.5. The molecular weight excluding hydrogens is 350 g/mol. The average molecular weight is 382 g/mol. The molecule has 0 aliphatic carbocycles. The second kappa shape index (κ2) is 8.50. The molecule has 3 heterocycles. The Morgan fingerprint density at radius 2 is 1.68 bits per heavy atom. The molecule has 0 spiro atoms. The summed E-state index contributed by atoms with van der Waals surface area (Å²) in [6, 6.07) is 12.2. The van der Waals surface area contributed by atoms with Crippen LogP contribution in [0.1, 0.15) is 30.1 Å². The number of nitrogens with zero attached hydrogens (tertiary/aromatic N) is 3. The minimum atomic E-state index is 0.150. The molecule has 1 atom stereocenters. The third-order valence-electron chi connectivity index (χ3n) is 6.56. The van der Waals surface area contributed by atoms with Gasteiger partial charge in [-0.2, -0.15) is 0 Å². The molecule has 0 radical (unpaired) electrons. The van der Waals surface area contributed by atoms with Gasteiger partial charge in [0.2, 0.25) is 0 Å². The maximum absolute atomic E-state index is 12.9. The molecule has 2 aliphatic heterocycles. The number of likely N-dealkylation sites (N-methyl/N-ethyl adjacent to an activating group) is 1. The Hall–Kier alpha value is -2.11. The summed E-state index contributed by atoms with van der Waals surface area (Å²) in [5, 5.41) is 0. The lowest BCUT2D eigenvalue weighted by Gasteiger charge is -2.42. The molecular formula is C23H31N3O2. The van der Waals surface area contributed by atoms with Crippen molar-refractivity contribution in [3.8, 4) is 11.3 Å². The van der Waals surface area contributed by atoms with E-state index in [2.05, 4.69) is 23.8 Å². The van der Waals surface area contributed by atoms with E-state index in [1.807, 2.05) is 41.3 Å². The first-order chi connectivity index (χ1) is 13.6. The highest BCUT2D eigenvalue weighted by Crippen LogP contribution is 2.26. The smallest absolute Gasteiger partial charge is 0.253 e. The van der Waals surface area contributed by atoms with E-state index >= 15 is 0 Å². The monoisotopic (exact) mass is 381 g/mol. The van der Waals surface area contributed by atoms with Crippen LogP contribution in [0.4, 0.5) is 0 Å². The number of piperidine rings is 1. The molecule has 0 saturated carbocycles. The van der Waals surface area contributed by atoms with Gasteiger partial charge in [0.25, 0.3) is 5.91 Å². The second-order valence-electron chi connectivity index (χ2n) is 8.26. The number of amides is 1. The lowest BCUT2D eigenvalue weighted by molar-refractivity contribution is 0.0500. The lowest BCUT2D eigenvalue weighted by atomic mass is 9.88. The molecule has 4 rings (SSSR count). The van der Waals surface area contributed by atoms with Crippen molar-refractivity contribution in [2.45, 2.75) is 25.8 Å². The van der Waals surface area contributed by atoms with Gasteiger partial charge in [0, 0.05) is 56.4 Å². The number of piperazine rings is 1. The van der Waals surface area contributed by atoms with Crippen LogP contribution in [0.15, 0.2) is 47.1 Å². The minimum absolute atomic E-state index is 0.150. The zero-order valence-corrected chi connectivity index (χ0v) is 17.0. The zero-order valence-electron chi connectivity index (χ0n) is 17.0. The topological polar surface area (TPSA) is 39.9 Å². The quantitative estimate of drug-likeness (QED) is 0.813. The van der Waals surface area contributed by atoms with Gasteiger partial charge in [-0.3, -0.25) is 9.69 Å². The Kier molecular flexibility index (Phi) is 5.83. The van der Waals surface area contributed by atoms with Gasteiger partial charge in [0.1, 0.15) is 5.76 Å². The van der Waals surface area contributed by atoms with E-state index in [4.69, 9.17) is 4.42 Å². The maximum Gasteiger partial charge on any atom is 0.253 e. The summed E-state index contributed by atoms with van der Waals surface area (Å²) in [5.74, 6) is 1.67. The number of carbonyl (C=O) groups is 1. The number of likely N-dealkylation sites (tertiary alicyclic amines) is 1. The summed E-state index contributed by atoms with van der Waals surface area (Å²) < 4.78 is 5.42. The average Bonchev–Trinajstić information content (AvgIpc) is 3.28. The number of rotatable bonds is 4. The summed E-state index contributed by atoms with van der Waals surface area (Å²) in [6.45, 7) is 8.76. The number of hydrogen-bond donors (Lipinski definition) is 0. The fraction of sp³-hybridized carbons (Fsp3) is 0.522. The van der Waals surface area contributed by atoms with Crippen LogP contribution in [0, 0.1) is 5.92 Å². The van der Waals surface area contributed by atoms with Crippen LogP contribution in [-0.2, 0) is 0 Å². The van der Waals surface area contributed by atoms with Crippen LogP contribution in [0.2, 0.25) is 0 Å². The number of carbonyl (C=O) groups excluding carboxylic acids is 1. The Labute approximate surface area is 167 Å². The second-order valence-corrected chi connectivity index (χ2v) is 8.26. The molecule has 1 aromatic heterocycles. The highest BCUT2D eigenvalue weighted by Gasteiger charge is 2.30. The van der Waals surface area contributed by atoms with Gasteiger partial charge in [-0.1, -0.05) is 12.1 Å². The predicted octanol–water partition coefficient (Wildman–Crippen LogP) is 3.43. The van der Waals surface area contributed by atoms with Crippen molar-refractivity contribution in [2.75, 3.05) is 46.3 Å². The van der Waals surface area contributed by atoms with Gasteiger partial charge in [0.05, 0.1) is 6.26 Å². The van der Waals surface area contributed by atoms with E-state index in [0.29, 0.717) is 12.0 Å². The van der Waals surface area contributed by atoms with Crippen molar-refractivity contribution in [3.63, 3.8) is 0 Å². The van der Waals surface area contributed by atoms with Crippen molar-refractivity contribution in [3.05, 3.63) is 48.2 Å². The summed E-state index contributed by atoms with van der Waals surface area (Å²) >= 11 is 0. The molecule has 28 heavy (non-hydrogen) atoms. The van der Waals surface area contributed by atoms with Gasteiger partial charge < -0.3 is 14.2 Å². The lowest BCUT2D eigenvalue weighted by Crippen LogP contribution is -2.52. The van der Waals surface area contributed by atoms with Crippen molar-refractivity contribution >= 4 is 5.91 Å². The third kappa shape index (κ3) is 4.15. The van der Waals surface area contributed by atoms with Crippen LogP contribution in [0.25, 0.3) is 11.3 Å². The predicted molar refractivity (Wildman–Crippen MR) is 111 cm³/mol. The largest absolute Gasteiger partial charge is 0.464 e. The number of furan rings is 1. The molecule has 5 heteroatoms. The summed E-state index contributed by atoms with van der Waals surface area (Å²) in [7, 11) is 2.20. The van der Waals surface area contributed by atoms with Gasteiger partial charge in [-0.05, 0) is 57.0 Å². The molecule has 2 saturated heterocycles. The third-order valence-corrected chi connectivity index (χ3v) is 6.56. The fourth-order valence-electron chi connectivity index (χ4n) is 4.51. The fourth-order valence-corrected chi connectivity index (χ4v) is 4.51. The van der Waals surface area contributed by atoms with Crippen molar-refractivity contribution in [2.24, 2.45) is 5.92 Å². The molecule has 150 valence electrons. The van der Waals surface area contributed by atoms with Crippen molar-refractivity contribution in [1.82, 2.24) is 14.7 Å². The molecule has 1 amide bonds. The molecule has 2 fully saturated rings. The van der Waals surface area contributed by atoms with E-state index in [0.717, 1.165) is 55.9 Å².